The van der Waals surface area contributed by atoms with Crippen LogP contribution in [0.5, 0.6) is 0 Å². The lowest BCUT2D eigenvalue weighted by molar-refractivity contribution is -0.154. The quantitative estimate of drug-likeness (QED) is 0.201. The van der Waals surface area contributed by atoms with E-state index < -0.39 is 28.7 Å². The van der Waals surface area contributed by atoms with E-state index in [2.05, 4.69) is 27.4 Å². The topological polar surface area (TPSA) is 99.6 Å². The molecule has 4 rings (SSSR count). The molecule has 214 valence electrons. The predicted molar refractivity (Wildman–Crippen MR) is 150 cm³/mol. The largest absolute Gasteiger partial charge is 0.466 e. The Morgan fingerprint density at radius 2 is 2.08 bits per heavy atom. The normalized spacial score (nSPS) is 34.2. The van der Waals surface area contributed by atoms with E-state index in [1.807, 2.05) is 13.8 Å². The molecule has 4 aliphatic heterocycles. The van der Waals surface area contributed by atoms with Gasteiger partial charge in [-0.15, -0.1) is 18.3 Å². The summed E-state index contributed by atoms with van der Waals surface area (Å²) in [6.07, 6.45) is 3.07. The van der Waals surface area contributed by atoms with Crippen LogP contribution >= 0.6 is 27.7 Å². The maximum absolute atomic E-state index is 14.5. The number of nitrogens with zero attached hydrogens (tertiary/aromatic N) is 3. The first-order chi connectivity index (χ1) is 18.2. The number of fused-ring (bicyclic) bond motifs is 1. The minimum absolute atomic E-state index is 0.0151. The molecule has 8 atom stereocenters. The number of ether oxygens (including phenoxy) is 2. The van der Waals surface area contributed by atoms with E-state index in [0.29, 0.717) is 39.3 Å². The minimum atomic E-state index is -0.773. The van der Waals surface area contributed by atoms with Gasteiger partial charge in [0.05, 0.1) is 49.1 Å². The molecular weight excluding hydrogens is 574 g/mol. The molecule has 0 aromatic carbocycles. The minimum Gasteiger partial charge on any atom is -0.466 e. The van der Waals surface area contributed by atoms with E-state index in [9.17, 15) is 19.5 Å². The summed E-state index contributed by atoms with van der Waals surface area (Å²) >= 11 is 5.38. The second-order valence-corrected chi connectivity index (χ2v) is 13.5. The summed E-state index contributed by atoms with van der Waals surface area (Å²) in [4.78, 5) is 47.7. The molecule has 2 amide bonds. The Hall–Kier alpha value is -1.14. The van der Waals surface area contributed by atoms with Crippen LogP contribution in [0.2, 0.25) is 0 Å². The first-order valence-corrected chi connectivity index (χ1v) is 15.7. The molecule has 9 nitrogen and oxygen atoms in total. The molecule has 0 aromatic rings. The molecule has 0 saturated carbocycles. The number of halogens is 1. The number of esters is 1. The Morgan fingerprint density at radius 3 is 2.68 bits per heavy atom. The zero-order chi connectivity index (χ0) is 27.6. The van der Waals surface area contributed by atoms with Gasteiger partial charge in [-0.2, -0.15) is 0 Å². The molecule has 4 fully saturated rings. The number of likely N-dealkylation sites (tertiary alicyclic amines) is 1. The molecule has 0 aromatic heterocycles. The SMILES string of the molecule is C=CCN(CCN1CCOCC1)C(=O)C1N([C@@H](CO)[C@@H](C)CC)C(=O)[C@@H]2[C@@H](C(=O)OCC)[C@@H]3SC12CC3Br. The molecular formula is C27H42BrN3O6S. The standard InChI is InChI=1S/C27H42BrN3O6S/c1-5-8-30(10-9-29-11-13-36-14-12-29)25(34)23-27-15-18(28)22(38-27)20(26(35)37-7-3)21(27)24(33)31(23)19(16-32)17(4)6-2/h5,17-23,32H,1,6-16H2,2-4H3/t17-,18?,19-,20+,21-,22+,23?,27?/m0/s1. The van der Waals surface area contributed by atoms with Crippen molar-refractivity contribution >= 4 is 45.5 Å². The van der Waals surface area contributed by atoms with Crippen molar-refractivity contribution in [1.82, 2.24) is 14.7 Å². The number of alkyl halides is 1. The van der Waals surface area contributed by atoms with Crippen LogP contribution in [-0.2, 0) is 23.9 Å². The third kappa shape index (κ3) is 5.18. The average Bonchev–Trinajstić information content (AvgIpc) is 3.51. The molecule has 3 unspecified atom stereocenters. The Labute approximate surface area is 238 Å². The van der Waals surface area contributed by atoms with Gasteiger partial charge in [0, 0.05) is 42.8 Å². The molecule has 2 bridgehead atoms. The summed E-state index contributed by atoms with van der Waals surface area (Å²) in [6, 6.07) is -1.28. The summed E-state index contributed by atoms with van der Waals surface area (Å²) in [5, 5.41) is 10.4. The van der Waals surface area contributed by atoms with Crippen LogP contribution in [0.3, 0.4) is 0 Å². The van der Waals surface area contributed by atoms with Gasteiger partial charge < -0.3 is 24.4 Å². The molecule has 1 spiro atoms. The number of morpholine rings is 1. The molecule has 38 heavy (non-hydrogen) atoms. The van der Waals surface area contributed by atoms with Crippen LogP contribution in [0.15, 0.2) is 12.7 Å². The van der Waals surface area contributed by atoms with E-state index in [4.69, 9.17) is 9.47 Å². The van der Waals surface area contributed by atoms with Gasteiger partial charge in [0.2, 0.25) is 11.8 Å². The summed E-state index contributed by atoms with van der Waals surface area (Å²) in [7, 11) is 0. The molecule has 0 radical (unpaired) electrons. The first-order valence-electron chi connectivity index (χ1n) is 13.9. The van der Waals surface area contributed by atoms with Crippen molar-refractivity contribution in [2.24, 2.45) is 17.8 Å². The fraction of sp³-hybridized carbons (Fsp3) is 0.815. The van der Waals surface area contributed by atoms with E-state index in [0.717, 1.165) is 19.5 Å². The molecule has 4 aliphatic rings. The van der Waals surface area contributed by atoms with Crippen molar-refractivity contribution in [1.29, 1.82) is 0 Å². The Balaban J connectivity index is 1.72. The Morgan fingerprint density at radius 1 is 1.37 bits per heavy atom. The van der Waals surface area contributed by atoms with Gasteiger partial charge in [-0.3, -0.25) is 19.3 Å². The van der Waals surface area contributed by atoms with Gasteiger partial charge in [0.15, 0.2) is 0 Å². The summed E-state index contributed by atoms with van der Waals surface area (Å²) in [6.45, 7) is 14.2. The van der Waals surface area contributed by atoms with Crippen molar-refractivity contribution in [3.05, 3.63) is 12.7 Å². The first kappa shape index (κ1) is 29.8. The summed E-state index contributed by atoms with van der Waals surface area (Å²) in [5.74, 6) is -2.00. The van der Waals surface area contributed by atoms with Gasteiger partial charge in [0.1, 0.15) is 6.04 Å². The lowest BCUT2D eigenvalue weighted by Gasteiger charge is -2.41. The second-order valence-electron chi connectivity index (χ2n) is 10.8. The van der Waals surface area contributed by atoms with Gasteiger partial charge in [-0.05, 0) is 19.3 Å². The van der Waals surface area contributed by atoms with Crippen molar-refractivity contribution < 1.29 is 29.0 Å². The van der Waals surface area contributed by atoms with Crippen LogP contribution in [0.4, 0.5) is 0 Å². The number of aliphatic hydroxyl groups is 1. The lowest BCUT2D eigenvalue weighted by Crippen LogP contribution is -2.59. The Bertz CT molecular complexity index is 904. The fourth-order valence-electron chi connectivity index (χ4n) is 6.73. The van der Waals surface area contributed by atoms with Gasteiger partial charge in [0.25, 0.3) is 0 Å². The summed E-state index contributed by atoms with van der Waals surface area (Å²) in [5.41, 5.74) is 0. The van der Waals surface area contributed by atoms with Gasteiger partial charge >= 0.3 is 5.97 Å². The fourth-order valence-corrected chi connectivity index (χ4v) is 10.3. The molecule has 1 N–H and O–H groups in total. The second kappa shape index (κ2) is 12.6. The summed E-state index contributed by atoms with van der Waals surface area (Å²) < 4.78 is 10.1. The molecule has 4 saturated heterocycles. The van der Waals surface area contributed by atoms with Crippen LogP contribution in [-0.4, -0.2) is 124 Å². The average molecular weight is 617 g/mol. The number of hydrogen-bond acceptors (Lipinski definition) is 8. The van der Waals surface area contributed by atoms with Crippen molar-refractivity contribution in [3.8, 4) is 0 Å². The Kier molecular flexibility index (Phi) is 9.88. The van der Waals surface area contributed by atoms with Crippen LogP contribution in [0.25, 0.3) is 0 Å². The van der Waals surface area contributed by atoms with Gasteiger partial charge in [-0.25, -0.2) is 0 Å². The number of carbonyl (C=O) groups is 3. The molecule has 0 aliphatic carbocycles. The lowest BCUT2D eigenvalue weighted by atomic mass is 9.71. The van der Waals surface area contributed by atoms with E-state index in [1.54, 1.807) is 34.6 Å². The highest BCUT2D eigenvalue weighted by molar-refractivity contribution is 9.09. The number of thioether (sulfide) groups is 1. The molecule has 11 heteroatoms. The van der Waals surface area contributed by atoms with E-state index in [1.165, 1.54) is 0 Å². The highest BCUT2D eigenvalue weighted by Gasteiger charge is 2.76. The maximum atomic E-state index is 14.5. The smallest absolute Gasteiger partial charge is 0.310 e. The molecule has 4 heterocycles. The van der Waals surface area contributed by atoms with Crippen molar-refractivity contribution in [2.45, 2.75) is 60.5 Å². The van der Waals surface area contributed by atoms with E-state index in [-0.39, 0.29) is 47.0 Å². The third-order valence-electron chi connectivity index (χ3n) is 8.82. The van der Waals surface area contributed by atoms with Crippen molar-refractivity contribution in [3.63, 3.8) is 0 Å². The number of hydrogen-bond donors (Lipinski definition) is 1. The predicted octanol–water partition coefficient (Wildman–Crippen LogP) is 1.77. The number of amides is 2. The van der Waals surface area contributed by atoms with Crippen molar-refractivity contribution in [2.75, 3.05) is 59.2 Å². The zero-order valence-electron chi connectivity index (χ0n) is 22.7. The van der Waals surface area contributed by atoms with Crippen LogP contribution in [0, 0.1) is 17.8 Å². The maximum Gasteiger partial charge on any atom is 0.310 e. The highest BCUT2D eigenvalue weighted by Crippen LogP contribution is 2.68. The van der Waals surface area contributed by atoms with E-state index >= 15 is 0 Å². The number of rotatable bonds is 12. The van der Waals surface area contributed by atoms with Gasteiger partial charge in [-0.1, -0.05) is 42.3 Å². The monoisotopic (exact) mass is 615 g/mol. The third-order valence-corrected chi connectivity index (χ3v) is 12.0. The highest BCUT2D eigenvalue weighted by atomic mass is 79.9. The number of aliphatic hydroxyl groups excluding tert-OH is 1. The zero-order valence-corrected chi connectivity index (χ0v) is 25.1. The van der Waals surface area contributed by atoms with Crippen LogP contribution in [0.1, 0.15) is 33.6 Å². The number of carbonyl (C=O) groups excluding carboxylic acids is 3. The van der Waals surface area contributed by atoms with Crippen LogP contribution < -0.4 is 0 Å².